The summed E-state index contributed by atoms with van der Waals surface area (Å²) in [5.74, 6) is -1.87. The van der Waals surface area contributed by atoms with Gasteiger partial charge in [-0.2, -0.15) is 13.2 Å². The summed E-state index contributed by atoms with van der Waals surface area (Å²) in [6, 6.07) is 12.7. The number of aryl methyl sites for hydroxylation is 1. The number of benzene rings is 2. The maximum absolute atomic E-state index is 13.5. The molecule has 0 bridgehead atoms. The molecule has 2 aromatic carbocycles. The molecule has 3 amide bonds. The van der Waals surface area contributed by atoms with E-state index in [1.807, 2.05) is 0 Å². The minimum atomic E-state index is -4.78. The Morgan fingerprint density at radius 3 is 2.36 bits per heavy atom. The summed E-state index contributed by atoms with van der Waals surface area (Å²) in [7, 11) is 0. The zero-order valence-corrected chi connectivity index (χ0v) is 17.5. The van der Waals surface area contributed by atoms with E-state index in [4.69, 9.17) is 4.42 Å². The van der Waals surface area contributed by atoms with Gasteiger partial charge in [-0.25, -0.2) is 0 Å². The molecule has 33 heavy (non-hydrogen) atoms. The Kier molecular flexibility index (Phi) is 7.17. The van der Waals surface area contributed by atoms with Crippen LogP contribution in [0.4, 0.5) is 24.5 Å². The summed E-state index contributed by atoms with van der Waals surface area (Å²) in [5, 5.41) is 7.09. The van der Waals surface area contributed by atoms with Gasteiger partial charge in [-0.3, -0.25) is 14.4 Å². The van der Waals surface area contributed by atoms with E-state index in [1.54, 1.807) is 31.2 Å². The number of hydrogen-bond acceptors (Lipinski definition) is 4. The molecular weight excluding hydrogens is 439 g/mol. The van der Waals surface area contributed by atoms with E-state index in [0.29, 0.717) is 5.56 Å². The lowest BCUT2D eigenvalue weighted by Gasteiger charge is -2.16. The van der Waals surface area contributed by atoms with Crippen LogP contribution >= 0.6 is 0 Å². The molecule has 3 N–H and O–H groups in total. The largest absolute Gasteiger partial charge is 0.459 e. The van der Waals surface area contributed by atoms with Crippen molar-refractivity contribution in [1.29, 1.82) is 0 Å². The molecule has 0 unspecified atom stereocenters. The Bertz CT molecular complexity index is 1160. The number of rotatable bonds is 7. The van der Waals surface area contributed by atoms with Crippen molar-refractivity contribution >= 4 is 29.1 Å². The Balaban J connectivity index is 1.63. The van der Waals surface area contributed by atoms with E-state index in [0.717, 1.165) is 17.7 Å². The molecule has 0 saturated heterocycles. The Morgan fingerprint density at radius 2 is 1.70 bits per heavy atom. The number of hydrogen-bond donors (Lipinski definition) is 3. The zero-order valence-electron chi connectivity index (χ0n) is 17.5. The van der Waals surface area contributed by atoms with Crippen LogP contribution in [0.3, 0.4) is 0 Å². The molecule has 172 valence electrons. The van der Waals surface area contributed by atoms with Crippen LogP contribution in [0.5, 0.6) is 0 Å². The number of anilines is 2. The second kappa shape index (κ2) is 10.0. The first-order valence-corrected chi connectivity index (χ1v) is 9.85. The Morgan fingerprint density at radius 1 is 0.939 bits per heavy atom. The summed E-state index contributed by atoms with van der Waals surface area (Å²) in [6.07, 6.45) is -3.75. The van der Waals surface area contributed by atoms with Gasteiger partial charge in [0.2, 0.25) is 5.91 Å². The van der Waals surface area contributed by atoms with Gasteiger partial charge < -0.3 is 20.4 Å². The molecule has 0 aliphatic rings. The Labute approximate surface area is 187 Å². The molecule has 10 heteroatoms. The van der Waals surface area contributed by atoms with E-state index >= 15 is 0 Å². The van der Waals surface area contributed by atoms with Crippen LogP contribution in [0.2, 0.25) is 0 Å². The number of amides is 3. The lowest BCUT2D eigenvalue weighted by atomic mass is 10.1. The number of furan rings is 1. The number of halogens is 3. The summed E-state index contributed by atoms with van der Waals surface area (Å²) >= 11 is 0. The molecule has 0 aliphatic carbocycles. The van der Waals surface area contributed by atoms with Gasteiger partial charge in [0, 0.05) is 24.2 Å². The minimum absolute atomic E-state index is 0.0579. The number of alkyl halides is 3. The van der Waals surface area contributed by atoms with Crippen LogP contribution in [0.25, 0.3) is 0 Å². The molecule has 3 aromatic rings. The molecule has 0 spiro atoms. The molecule has 0 aliphatic heterocycles. The van der Waals surface area contributed by atoms with Crippen molar-refractivity contribution in [2.24, 2.45) is 0 Å². The van der Waals surface area contributed by atoms with Crippen molar-refractivity contribution in [2.75, 3.05) is 17.2 Å². The molecule has 0 atom stereocenters. The lowest BCUT2D eigenvalue weighted by molar-refractivity contribution is -0.136. The van der Waals surface area contributed by atoms with E-state index in [1.165, 1.54) is 24.5 Å². The lowest BCUT2D eigenvalue weighted by Crippen LogP contribution is -2.28. The fourth-order valence-corrected chi connectivity index (χ4v) is 2.99. The first kappa shape index (κ1) is 23.6. The normalized spacial score (nSPS) is 11.0. The number of nitrogens with one attached hydrogen (secondary N) is 3. The zero-order chi connectivity index (χ0) is 24.0. The first-order chi connectivity index (χ1) is 15.6. The number of carbonyl (C=O) groups is 3. The highest BCUT2D eigenvalue weighted by Crippen LogP contribution is 2.36. The van der Waals surface area contributed by atoms with Crippen LogP contribution in [-0.2, 0) is 11.0 Å². The highest BCUT2D eigenvalue weighted by molar-refractivity contribution is 6.02. The maximum atomic E-state index is 13.5. The van der Waals surface area contributed by atoms with E-state index < -0.39 is 29.2 Å². The molecule has 1 heterocycles. The van der Waals surface area contributed by atoms with E-state index in [9.17, 15) is 27.6 Å². The number of carbonyl (C=O) groups excluding carboxylic acids is 3. The standard InChI is InChI=1S/C23H20F3N3O4/c1-14-5-2-3-6-16(14)21(31)27-11-10-20(30)29-18-9-8-15(13-17(18)23(24,25)26)28-22(32)19-7-4-12-33-19/h2-9,12-13H,10-11H2,1H3,(H,27,31)(H,28,32)(H,29,30). The van der Waals surface area contributed by atoms with Gasteiger partial charge >= 0.3 is 6.18 Å². The topological polar surface area (TPSA) is 100 Å². The predicted octanol–water partition coefficient (Wildman–Crippen LogP) is 4.62. The van der Waals surface area contributed by atoms with Crippen LogP contribution in [0.1, 0.15) is 38.5 Å². The van der Waals surface area contributed by atoms with Crippen molar-refractivity contribution in [3.8, 4) is 0 Å². The third-order valence-corrected chi connectivity index (χ3v) is 4.63. The average Bonchev–Trinajstić information content (AvgIpc) is 3.29. The SMILES string of the molecule is Cc1ccccc1C(=O)NCCC(=O)Nc1ccc(NC(=O)c2ccco2)cc1C(F)(F)F. The van der Waals surface area contributed by atoms with Crippen molar-refractivity contribution in [3.63, 3.8) is 0 Å². The van der Waals surface area contributed by atoms with Crippen molar-refractivity contribution in [1.82, 2.24) is 5.32 Å². The maximum Gasteiger partial charge on any atom is 0.418 e. The fraction of sp³-hybridized carbons (Fsp3) is 0.174. The summed E-state index contributed by atoms with van der Waals surface area (Å²) < 4.78 is 45.5. The average molecular weight is 459 g/mol. The van der Waals surface area contributed by atoms with Crippen molar-refractivity contribution in [3.05, 3.63) is 83.3 Å². The fourth-order valence-electron chi connectivity index (χ4n) is 2.99. The summed E-state index contributed by atoms with van der Waals surface area (Å²) in [5.41, 5.74) is -0.504. The Hall–Kier alpha value is -4.08. The smallest absolute Gasteiger partial charge is 0.418 e. The van der Waals surface area contributed by atoms with Gasteiger partial charge in [0.1, 0.15) is 0 Å². The monoisotopic (exact) mass is 459 g/mol. The van der Waals surface area contributed by atoms with E-state index in [2.05, 4.69) is 16.0 Å². The summed E-state index contributed by atoms with van der Waals surface area (Å²) in [4.78, 5) is 36.4. The molecule has 0 fully saturated rings. The van der Waals surface area contributed by atoms with Crippen LogP contribution in [-0.4, -0.2) is 24.3 Å². The van der Waals surface area contributed by atoms with Crippen LogP contribution < -0.4 is 16.0 Å². The van der Waals surface area contributed by atoms with Crippen LogP contribution in [0, 0.1) is 6.92 Å². The minimum Gasteiger partial charge on any atom is -0.459 e. The molecule has 0 radical (unpaired) electrons. The quantitative estimate of drug-likeness (QED) is 0.480. The third-order valence-electron chi connectivity index (χ3n) is 4.63. The molecule has 1 aromatic heterocycles. The molecule has 3 rings (SSSR count). The first-order valence-electron chi connectivity index (χ1n) is 9.85. The van der Waals surface area contributed by atoms with Crippen molar-refractivity contribution in [2.45, 2.75) is 19.5 Å². The van der Waals surface area contributed by atoms with Gasteiger partial charge in [-0.15, -0.1) is 0 Å². The highest BCUT2D eigenvalue weighted by atomic mass is 19.4. The molecular formula is C23H20F3N3O4. The highest BCUT2D eigenvalue weighted by Gasteiger charge is 2.34. The molecule has 7 nitrogen and oxygen atoms in total. The van der Waals surface area contributed by atoms with E-state index in [-0.39, 0.29) is 30.3 Å². The van der Waals surface area contributed by atoms with Gasteiger partial charge in [-0.1, -0.05) is 18.2 Å². The summed E-state index contributed by atoms with van der Waals surface area (Å²) in [6.45, 7) is 1.71. The predicted molar refractivity (Wildman–Crippen MR) is 115 cm³/mol. The van der Waals surface area contributed by atoms with Crippen molar-refractivity contribution < 1.29 is 32.0 Å². The second-order valence-corrected chi connectivity index (χ2v) is 7.06. The third kappa shape index (κ3) is 6.22. The van der Waals surface area contributed by atoms with Crippen LogP contribution in [0.15, 0.2) is 65.3 Å². The van der Waals surface area contributed by atoms with Gasteiger partial charge in [0.25, 0.3) is 11.8 Å². The second-order valence-electron chi connectivity index (χ2n) is 7.06. The van der Waals surface area contributed by atoms with Gasteiger partial charge in [-0.05, 0) is 48.9 Å². The van der Waals surface area contributed by atoms with Gasteiger partial charge in [0.15, 0.2) is 5.76 Å². The van der Waals surface area contributed by atoms with Gasteiger partial charge in [0.05, 0.1) is 17.5 Å². The molecule has 0 saturated carbocycles.